The summed E-state index contributed by atoms with van der Waals surface area (Å²) in [5.41, 5.74) is 6.69. The zero-order valence-corrected chi connectivity index (χ0v) is 15.6. The highest BCUT2D eigenvalue weighted by atomic mass is 32.2. The molecule has 0 heterocycles. The molecule has 2 atom stereocenters. The van der Waals surface area contributed by atoms with Crippen LogP contribution in [0.2, 0.25) is 0 Å². The van der Waals surface area contributed by atoms with E-state index in [-0.39, 0.29) is 23.3 Å². The minimum atomic E-state index is -3.77. The van der Waals surface area contributed by atoms with Crippen LogP contribution in [-0.4, -0.2) is 20.4 Å². The fraction of sp³-hybridized carbons (Fsp3) is 0.222. The Morgan fingerprint density at radius 3 is 2.07 bits per heavy atom. The third-order valence-corrected chi connectivity index (χ3v) is 4.92. The van der Waals surface area contributed by atoms with Crippen LogP contribution in [0.3, 0.4) is 0 Å². The fourth-order valence-electron chi connectivity index (χ4n) is 2.62. The molecule has 0 aliphatic carbocycles. The monoisotopic (exact) mass is 390 g/mol. The number of primary amides is 1. The van der Waals surface area contributed by atoms with Crippen LogP contribution < -0.4 is 21.5 Å². The van der Waals surface area contributed by atoms with Crippen molar-refractivity contribution in [2.45, 2.75) is 30.3 Å². The fourth-order valence-corrected chi connectivity index (χ4v) is 3.14. The van der Waals surface area contributed by atoms with E-state index in [0.717, 1.165) is 11.1 Å². The van der Waals surface area contributed by atoms with Gasteiger partial charge in [0.15, 0.2) is 0 Å². The number of rotatable bonds is 7. The van der Waals surface area contributed by atoms with Crippen molar-refractivity contribution in [1.29, 1.82) is 0 Å². The van der Waals surface area contributed by atoms with Crippen LogP contribution in [-0.2, 0) is 14.8 Å². The second kappa shape index (κ2) is 8.65. The first-order valence-electron chi connectivity index (χ1n) is 8.20. The molecule has 2 aromatic carbocycles. The molecule has 0 saturated heterocycles. The van der Waals surface area contributed by atoms with Gasteiger partial charge in [0.2, 0.25) is 15.9 Å². The number of benzene rings is 2. The minimum absolute atomic E-state index is 0.000392. The first-order valence-corrected chi connectivity index (χ1v) is 9.74. The zero-order chi connectivity index (χ0) is 20.0. The molecule has 9 heteroatoms. The van der Waals surface area contributed by atoms with Crippen LogP contribution in [0.5, 0.6) is 0 Å². The molecule has 2 rings (SSSR count). The lowest BCUT2D eigenvalue weighted by Crippen LogP contribution is -2.37. The smallest absolute Gasteiger partial charge is 0.312 e. The SMILES string of the molecule is CC(NC(=O)CC(NC(N)=O)c1ccccc1)c1ccc(S(N)(=O)=O)cc1. The minimum Gasteiger partial charge on any atom is -0.352 e. The van der Waals surface area contributed by atoms with Gasteiger partial charge in [-0.2, -0.15) is 0 Å². The number of carbonyl (C=O) groups excluding carboxylic acids is 2. The van der Waals surface area contributed by atoms with E-state index in [4.69, 9.17) is 10.9 Å². The van der Waals surface area contributed by atoms with Gasteiger partial charge in [0, 0.05) is 0 Å². The van der Waals surface area contributed by atoms with Gasteiger partial charge in [0.05, 0.1) is 23.4 Å². The highest BCUT2D eigenvalue weighted by molar-refractivity contribution is 7.89. The predicted molar refractivity (Wildman–Crippen MR) is 101 cm³/mol. The molecule has 144 valence electrons. The van der Waals surface area contributed by atoms with E-state index in [2.05, 4.69) is 10.6 Å². The molecule has 0 aromatic heterocycles. The summed E-state index contributed by atoms with van der Waals surface area (Å²) in [5, 5.41) is 10.4. The number of hydrogen-bond acceptors (Lipinski definition) is 4. The van der Waals surface area contributed by atoms with Crippen LogP contribution in [0.25, 0.3) is 0 Å². The van der Waals surface area contributed by atoms with Gasteiger partial charge >= 0.3 is 6.03 Å². The quantitative estimate of drug-likeness (QED) is 0.565. The zero-order valence-electron chi connectivity index (χ0n) is 14.8. The molecule has 8 nitrogen and oxygen atoms in total. The average molecular weight is 390 g/mol. The summed E-state index contributed by atoms with van der Waals surface area (Å²) in [6.07, 6.45) is 0.00650. The first-order chi connectivity index (χ1) is 12.7. The van der Waals surface area contributed by atoms with E-state index in [0.29, 0.717) is 0 Å². The molecule has 27 heavy (non-hydrogen) atoms. The van der Waals surface area contributed by atoms with E-state index in [9.17, 15) is 18.0 Å². The lowest BCUT2D eigenvalue weighted by molar-refractivity contribution is -0.122. The predicted octanol–water partition coefficient (Wildman–Crippen LogP) is 1.31. The summed E-state index contributed by atoms with van der Waals surface area (Å²) in [6, 6.07) is 13.3. The van der Waals surface area contributed by atoms with Crippen molar-refractivity contribution >= 4 is 22.0 Å². The average Bonchev–Trinajstić information content (AvgIpc) is 2.61. The van der Waals surface area contributed by atoms with Crippen molar-refractivity contribution in [1.82, 2.24) is 10.6 Å². The summed E-state index contributed by atoms with van der Waals surface area (Å²) in [6.45, 7) is 1.77. The Labute approximate surface area is 158 Å². The number of sulfonamides is 1. The summed E-state index contributed by atoms with van der Waals surface area (Å²) in [7, 11) is -3.77. The molecule has 6 N–H and O–H groups in total. The topological polar surface area (TPSA) is 144 Å². The van der Waals surface area contributed by atoms with Crippen molar-refractivity contribution in [3.05, 3.63) is 65.7 Å². The lowest BCUT2D eigenvalue weighted by atomic mass is 10.0. The maximum atomic E-state index is 12.4. The molecule has 0 bridgehead atoms. The standard InChI is InChI=1S/C18H22N4O4S/c1-12(13-7-9-15(10-8-13)27(20,25)26)21-17(23)11-16(22-18(19)24)14-5-3-2-4-6-14/h2-10,12,16H,11H2,1H3,(H,21,23)(H3,19,22,24)(H2,20,25,26). The number of nitrogens with one attached hydrogen (secondary N) is 2. The Bertz CT molecular complexity index is 899. The summed E-state index contributed by atoms with van der Waals surface area (Å²) in [5.74, 6) is -0.291. The van der Waals surface area contributed by atoms with Crippen molar-refractivity contribution in [2.24, 2.45) is 10.9 Å². The molecule has 0 fully saturated rings. The Morgan fingerprint density at radius 2 is 1.56 bits per heavy atom. The molecule has 0 aliphatic heterocycles. The Balaban J connectivity index is 2.05. The molecular weight excluding hydrogens is 368 g/mol. The molecule has 0 aliphatic rings. The van der Waals surface area contributed by atoms with Gasteiger partial charge in [-0.05, 0) is 30.2 Å². The summed E-state index contributed by atoms with van der Waals surface area (Å²) >= 11 is 0. The van der Waals surface area contributed by atoms with Gasteiger partial charge in [-0.3, -0.25) is 4.79 Å². The van der Waals surface area contributed by atoms with Crippen molar-refractivity contribution < 1.29 is 18.0 Å². The largest absolute Gasteiger partial charge is 0.352 e. The van der Waals surface area contributed by atoms with Gasteiger partial charge in [0.1, 0.15) is 0 Å². The van der Waals surface area contributed by atoms with Crippen LogP contribution >= 0.6 is 0 Å². The van der Waals surface area contributed by atoms with E-state index in [1.165, 1.54) is 12.1 Å². The van der Waals surface area contributed by atoms with Gasteiger partial charge in [-0.1, -0.05) is 42.5 Å². The number of amides is 3. The number of nitrogens with two attached hydrogens (primary N) is 2. The Kier molecular flexibility index (Phi) is 6.54. The van der Waals surface area contributed by atoms with Crippen LogP contribution in [0.4, 0.5) is 4.79 Å². The summed E-state index contributed by atoms with van der Waals surface area (Å²) < 4.78 is 22.6. The van der Waals surface area contributed by atoms with Crippen molar-refractivity contribution in [2.75, 3.05) is 0 Å². The number of carbonyl (C=O) groups is 2. The van der Waals surface area contributed by atoms with Gasteiger partial charge in [-0.25, -0.2) is 18.4 Å². The lowest BCUT2D eigenvalue weighted by Gasteiger charge is -2.20. The maximum absolute atomic E-state index is 12.4. The van der Waals surface area contributed by atoms with E-state index in [1.807, 2.05) is 6.07 Å². The van der Waals surface area contributed by atoms with E-state index in [1.54, 1.807) is 43.3 Å². The van der Waals surface area contributed by atoms with Crippen molar-refractivity contribution in [3.63, 3.8) is 0 Å². The van der Waals surface area contributed by atoms with Crippen molar-refractivity contribution in [3.8, 4) is 0 Å². The number of urea groups is 1. The molecular formula is C18H22N4O4S. The highest BCUT2D eigenvalue weighted by Gasteiger charge is 2.19. The van der Waals surface area contributed by atoms with Crippen LogP contribution in [0.15, 0.2) is 59.5 Å². The number of primary sulfonamides is 1. The molecule has 0 radical (unpaired) electrons. The molecule has 2 aromatic rings. The molecule has 2 unspecified atom stereocenters. The molecule has 0 saturated carbocycles. The van der Waals surface area contributed by atoms with E-state index < -0.39 is 22.1 Å². The Hall–Kier alpha value is -2.91. The van der Waals surface area contributed by atoms with Gasteiger partial charge in [-0.15, -0.1) is 0 Å². The third-order valence-electron chi connectivity index (χ3n) is 3.99. The third kappa shape index (κ3) is 6.08. The van der Waals surface area contributed by atoms with Gasteiger partial charge in [0.25, 0.3) is 0 Å². The van der Waals surface area contributed by atoms with Crippen LogP contribution in [0.1, 0.15) is 36.6 Å². The molecule has 0 spiro atoms. The van der Waals surface area contributed by atoms with Crippen LogP contribution in [0, 0.1) is 0 Å². The Morgan fingerprint density at radius 1 is 0.963 bits per heavy atom. The first kappa shape index (κ1) is 20.4. The second-order valence-electron chi connectivity index (χ2n) is 6.08. The highest BCUT2D eigenvalue weighted by Crippen LogP contribution is 2.19. The normalized spacial score (nSPS) is 13.4. The second-order valence-corrected chi connectivity index (χ2v) is 7.64. The number of hydrogen-bond donors (Lipinski definition) is 4. The van der Waals surface area contributed by atoms with E-state index >= 15 is 0 Å². The van der Waals surface area contributed by atoms with Gasteiger partial charge < -0.3 is 16.4 Å². The summed E-state index contributed by atoms with van der Waals surface area (Å²) in [4.78, 5) is 23.6. The molecule has 3 amide bonds. The maximum Gasteiger partial charge on any atom is 0.312 e.